The van der Waals surface area contributed by atoms with Gasteiger partial charge in [-0.05, 0) is 20.4 Å². The first-order valence-corrected chi connectivity index (χ1v) is 6.64. The maximum atomic E-state index is 5.32. The normalized spacial score (nSPS) is 11.4. The van der Waals surface area contributed by atoms with E-state index in [1.54, 1.807) is 14.2 Å². The molecule has 0 amide bonds. The Kier molecular flexibility index (Phi) is 5.36. The molecule has 0 heterocycles. The van der Waals surface area contributed by atoms with E-state index in [0.717, 1.165) is 18.3 Å². The first-order chi connectivity index (χ1) is 5.54. The number of aliphatic imine (C=N–C) groups is 1. The van der Waals surface area contributed by atoms with Crippen LogP contribution in [0.5, 0.6) is 0 Å². The first-order valence-electron chi connectivity index (χ1n) is 4.12. The van der Waals surface area contributed by atoms with Crippen LogP contribution in [0.15, 0.2) is 4.99 Å². The van der Waals surface area contributed by atoms with Crippen molar-refractivity contribution in [2.24, 2.45) is 4.99 Å². The molecule has 0 atom stereocenters. The highest BCUT2D eigenvalue weighted by Gasteiger charge is 2.27. The van der Waals surface area contributed by atoms with Crippen molar-refractivity contribution in [3.63, 3.8) is 0 Å². The van der Waals surface area contributed by atoms with E-state index in [-0.39, 0.29) is 0 Å². The highest BCUT2D eigenvalue weighted by Crippen LogP contribution is 2.10. The van der Waals surface area contributed by atoms with Gasteiger partial charge in [-0.25, -0.2) is 0 Å². The lowest BCUT2D eigenvalue weighted by atomic mass is 10.5. The molecule has 0 radical (unpaired) electrons. The van der Waals surface area contributed by atoms with Gasteiger partial charge in [-0.3, -0.25) is 4.99 Å². The van der Waals surface area contributed by atoms with Gasteiger partial charge in [-0.15, -0.1) is 0 Å². The van der Waals surface area contributed by atoms with Crippen molar-refractivity contribution in [3.05, 3.63) is 0 Å². The van der Waals surface area contributed by atoms with E-state index in [2.05, 4.69) is 4.99 Å². The van der Waals surface area contributed by atoms with Crippen molar-refractivity contribution < 1.29 is 8.85 Å². The first kappa shape index (κ1) is 11.8. The van der Waals surface area contributed by atoms with Gasteiger partial charge in [0.2, 0.25) is 0 Å². The summed E-state index contributed by atoms with van der Waals surface area (Å²) in [5.74, 6) is 0. The van der Waals surface area contributed by atoms with Crippen LogP contribution in [0.3, 0.4) is 0 Å². The summed E-state index contributed by atoms with van der Waals surface area (Å²) in [7, 11) is 1.54. The van der Waals surface area contributed by atoms with Crippen LogP contribution >= 0.6 is 0 Å². The number of nitrogens with zero attached hydrogens (tertiary/aromatic N) is 1. The molecule has 0 aromatic carbocycles. The second-order valence-electron chi connectivity index (χ2n) is 3.12. The molecule has 0 spiro atoms. The van der Waals surface area contributed by atoms with Crippen molar-refractivity contribution in [1.29, 1.82) is 0 Å². The lowest BCUT2D eigenvalue weighted by Gasteiger charge is -2.21. The van der Waals surface area contributed by atoms with Crippen LogP contribution in [0.4, 0.5) is 0 Å². The van der Waals surface area contributed by atoms with E-state index in [4.69, 9.17) is 8.85 Å². The van der Waals surface area contributed by atoms with E-state index in [0.29, 0.717) is 0 Å². The zero-order chi connectivity index (χ0) is 9.61. The van der Waals surface area contributed by atoms with Gasteiger partial charge < -0.3 is 8.85 Å². The molecule has 0 fully saturated rings. The molecule has 0 saturated heterocycles. The average Bonchev–Trinajstić information content (AvgIpc) is 2.03. The smallest absolute Gasteiger partial charge is 0.336 e. The fraction of sp³-hybridized carbons (Fsp3) is 0.875. The summed E-state index contributed by atoms with van der Waals surface area (Å²) < 4.78 is 10.6. The molecule has 0 bridgehead atoms. The molecule has 0 aliphatic rings. The molecule has 0 aliphatic heterocycles. The van der Waals surface area contributed by atoms with Gasteiger partial charge in [0.05, 0.1) is 0 Å². The fourth-order valence-electron chi connectivity index (χ4n) is 0.770. The second-order valence-corrected chi connectivity index (χ2v) is 6.71. The molecule has 0 saturated carbocycles. The Labute approximate surface area is 76.0 Å². The van der Waals surface area contributed by atoms with Crippen molar-refractivity contribution in [1.82, 2.24) is 0 Å². The summed E-state index contributed by atoms with van der Waals surface area (Å²) in [5, 5.41) is 0. The Morgan fingerprint density at radius 2 is 1.75 bits per heavy atom. The van der Waals surface area contributed by atoms with Crippen molar-refractivity contribution in [2.75, 3.05) is 20.8 Å². The number of rotatable bonds is 5. The van der Waals surface area contributed by atoms with E-state index >= 15 is 0 Å². The van der Waals surface area contributed by atoms with Crippen LogP contribution in [-0.4, -0.2) is 35.0 Å². The third kappa shape index (κ3) is 4.64. The molecule has 0 unspecified atom stereocenters. The lowest BCUT2D eigenvalue weighted by molar-refractivity contribution is 0.250. The van der Waals surface area contributed by atoms with Gasteiger partial charge in [0, 0.05) is 32.5 Å². The standard InChI is InChI=1S/C8H19NO2Si/c1-8(2)9-6-7-12(5,10-3)11-4/h6-7H2,1-5H3. The maximum Gasteiger partial charge on any atom is 0.336 e. The molecular formula is C8H19NO2Si. The van der Waals surface area contributed by atoms with E-state index < -0.39 is 8.56 Å². The van der Waals surface area contributed by atoms with Gasteiger partial charge in [0.25, 0.3) is 0 Å². The summed E-state index contributed by atoms with van der Waals surface area (Å²) in [6, 6.07) is 0.922. The monoisotopic (exact) mass is 189 g/mol. The summed E-state index contributed by atoms with van der Waals surface area (Å²) in [4.78, 5) is 4.30. The zero-order valence-electron chi connectivity index (χ0n) is 8.68. The Morgan fingerprint density at radius 1 is 1.25 bits per heavy atom. The van der Waals surface area contributed by atoms with E-state index in [9.17, 15) is 0 Å². The molecule has 0 rings (SSSR count). The molecule has 0 aromatic heterocycles. The predicted octanol–water partition coefficient (Wildman–Crippen LogP) is 1.83. The molecule has 0 aromatic rings. The summed E-state index contributed by atoms with van der Waals surface area (Å²) in [6.07, 6.45) is 0. The van der Waals surface area contributed by atoms with Gasteiger partial charge in [0.15, 0.2) is 0 Å². The largest absolute Gasteiger partial charge is 0.398 e. The van der Waals surface area contributed by atoms with Crippen LogP contribution in [0.1, 0.15) is 13.8 Å². The number of hydrogen-bond acceptors (Lipinski definition) is 3. The Balaban J connectivity index is 3.81. The third-order valence-corrected chi connectivity index (χ3v) is 4.72. The van der Waals surface area contributed by atoms with E-state index in [1.165, 1.54) is 0 Å². The molecular weight excluding hydrogens is 170 g/mol. The minimum atomic E-state index is -1.87. The Hall–Kier alpha value is -0.193. The zero-order valence-corrected chi connectivity index (χ0v) is 9.68. The topological polar surface area (TPSA) is 30.8 Å². The van der Waals surface area contributed by atoms with Crippen molar-refractivity contribution in [3.8, 4) is 0 Å². The van der Waals surface area contributed by atoms with Gasteiger partial charge >= 0.3 is 8.56 Å². The summed E-state index contributed by atoms with van der Waals surface area (Å²) in [5.41, 5.74) is 1.11. The predicted molar refractivity (Wildman–Crippen MR) is 54.1 cm³/mol. The van der Waals surface area contributed by atoms with Gasteiger partial charge in [-0.2, -0.15) is 0 Å². The quantitative estimate of drug-likeness (QED) is 0.488. The number of hydrogen-bond donors (Lipinski definition) is 0. The van der Waals surface area contributed by atoms with Crippen LogP contribution in [0.2, 0.25) is 12.6 Å². The van der Waals surface area contributed by atoms with Gasteiger partial charge in [-0.1, -0.05) is 0 Å². The fourth-order valence-corrected chi connectivity index (χ4v) is 1.86. The van der Waals surface area contributed by atoms with Crippen molar-refractivity contribution in [2.45, 2.75) is 26.4 Å². The van der Waals surface area contributed by atoms with Crippen LogP contribution in [0, 0.1) is 0 Å². The molecule has 0 aliphatic carbocycles. The Bertz CT molecular complexity index is 151. The highest BCUT2D eigenvalue weighted by atomic mass is 28.4. The third-order valence-electron chi connectivity index (χ3n) is 1.86. The molecule has 4 heteroatoms. The molecule has 12 heavy (non-hydrogen) atoms. The molecule has 0 N–H and O–H groups in total. The summed E-state index contributed by atoms with van der Waals surface area (Å²) in [6.45, 7) is 6.86. The lowest BCUT2D eigenvalue weighted by Crippen LogP contribution is -2.36. The summed E-state index contributed by atoms with van der Waals surface area (Å²) >= 11 is 0. The van der Waals surface area contributed by atoms with E-state index in [1.807, 2.05) is 20.4 Å². The minimum absolute atomic E-state index is 0.812. The molecule has 3 nitrogen and oxygen atoms in total. The van der Waals surface area contributed by atoms with Crippen LogP contribution in [-0.2, 0) is 8.85 Å². The highest BCUT2D eigenvalue weighted by molar-refractivity contribution is 6.66. The SMILES string of the molecule is CO[Si](C)(CCN=C(C)C)OC. The van der Waals surface area contributed by atoms with Crippen LogP contribution in [0.25, 0.3) is 0 Å². The molecule has 72 valence electrons. The maximum absolute atomic E-state index is 5.32. The minimum Gasteiger partial charge on any atom is -0.398 e. The van der Waals surface area contributed by atoms with Crippen LogP contribution < -0.4 is 0 Å². The average molecular weight is 189 g/mol. The Morgan fingerprint density at radius 3 is 2.08 bits per heavy atom. The second kappa shape index (κ2) is 5.45. The van der Waals surface area contributed by atoms with Crippen molar-refractivity contribution >= 4 is 14.3 Å². The van der Waals surface area contributed by atoms with Gasteiger partial charge in [0.1, 0.15) is 0 Å².